The minimum atomic E-state index is 0.161. The van der Waals surface area contributed by atoms with Gasteiger partial charge < -0.3 is 14.1 Å². The van der Waals surface area contributed by atoms with E-state index in [0.29, 0.717) is 18.4 Å². The maximum atomic E-state index is 12.9. The van der Waals surface area contributed by atoms with Gasteiger partial charge in [-0.25, -0.2) is 4.98 Å². The van der Waals surface area contributed by atoms with Gasteiger partial charge in [-0.2, -0.15) is 0 Å². The molecule has 162 valence electrons. The number of fused-ring (bicyclic) bond motifs is 1. The van der Waals surface area contributed by atoms with E-state index in [4.69, 9.17) is 9.15 Å². The van der Waals surface area contributed by atoms with Gasteiger partial charge in [0.25, 0.3) is 0 Å². The molecule has 2 saturated heterocycles. The number of nitrogens with zero attached hydrogens (tertiary/aromatic N) is 4. The van der Waals surface area contributed by atoms with Crippen LogP contribution in [0.25, 0.3) is 22.1 Å². The highest BCUT2D eigenvalue weighted by molar-refractivity contribution is 5.87. The standard InChI is InChI=1S/C24H28N4O3/c1-17-25-16-23(31-17)18-2-3-19-15-26-21(13-20(19)12-18)14-24(29)28-6-4-22(5-7-28)27-8-10-30-11-9-27/h2-3,12-13,15-16,22H,4-11,14H2,1H3. The third-order valence-electron chi connectivity index (χ3n) is 6.40. The van der Waals surface area contributed by atoms with Crippen molar-refractivity contribution >= 4 is 16.7 Å². The first kappa shape index (κ1) is 20.2. The molecule has 2 aliphatic rings. The molecule has 3 aromatic rings. The van der Waals surface area contributed by atoms with Crippen LogP contribution in [0.3, 0.4) is 0 Å². The van der Waals surface area contributed by atoms with E-state index in [1.54, 1.807) is 6.20 Å². The Labute approximate surface area is 182 Å². The van der Waals surface area contributed by atoms with Crippen molar-refractivity contribution in [3.8, 4) is 11.3 Å². The van der Waals surface area contributed by atoms with Gasteiger partial charge in [0.15, 0.2) is 11.7 Å². The molecular formula is C24H28N4O3. The molecule has 0 bridgehead atoms. The second kappa shape index (κ2) is 8.77. The summed E-state index contributed by atoms with van der Waals surface area (Å²) in [4.78, 5) is 26.1. The maximum Gasteiger partial charge on any atom is 0.228 e. The Kier molecular flexibility index (Phi) is 5.70. The average Bonchev–Trinajstić information content (AvgIpc) is 3.25. The van der Waals surface area contributed by atoms with Crippen molar-refractivity contribution < 1.29 is 13.9 Å². The van der Waals surface area contributed by atoms with E-state index < -0.39 is 0 Å². The molecule has 31 heavy (non-hydrogen) atoms. The molecule has 1 amide bonds. The van der Waals surface area contributed by atoms with Gasteiger partial charge >= 0.3 is 0 Å². The molecule has 7 nitrogen and oxygen atoms in total. The van der Waals surface area contributed by atoms with Crippen LogP contribution in [0.2, 0.25) is 0 Å². The maximum absolute atomic E-state index is 12.9. The van der Waals surface area contributed by atoms with Crippen LogP contribution < -0.4 is 0 Å². The Balaban J connectivity index is 1.24. The van der Waals surface area contributed by atoms with Crippen LogP contribution in [0.1, 0.15) is 24.4 Å². The van der Waals surface area contributed by atoms with E-state index in [0.717, 1.165) is 80.0 Å². The molecule has 7 heteroatoms. The molecule has 0 atom stereocenters. The largest absolute Gasteiger partial charge is 0.441 e. The van der Waals surface area contributed by atoms with E-state index >= 15 is 0 Å². The van der Waals surface area contributed by atoms with Crippen LogP contribution in [0.4, 0.5) is 0 Å². The highest BCUT2D eigenvalue weighted by Gasteiger charge is 2.27. The minimum absolute atomic E-state index is 0.161. The van der Waals surface area contributed by atoms with Crippen molar-refractivity contribution in [1.82, 2.24) is 19.8 Å². The van der Waals surface area contributed by atoms with E-state index in [-0.39, 0.29) is 5.91 Å². The normalized spacial score (nSPS) is 18.5. The Hall–Kier alpha value is -2.77. The lowest BCUT2D eigenvalue weighted by Gasteiger charge is -2.40. The molecule has 0 N–H and O–H groups in total. The van der Waals surface area contributed by atoms with Gasteiger partial charge in [-0.1, -0.05) is 12.1 Å². The van der Waals surface area contributed by atoms with Gasteiger partial charge in [-0.3, -0.25) is 14.7 Å². The fourth-order valence-corrected chi connectivity index (χ4v) is 4.62. The quantitative estimate of drug-likeness (QED) is 0.646. The Morgan fingerprint density at radius 1 is 1.03 bits per heavy atom. The first-order valence-electron chi connectivity index (χ1n) is 11.1. The zero-order chi connectivity index (χ0) is 21.2. The van der Waals surface area contributed by atoms with Gasteiger partial charge in [-0.05, 0) is 30.4 Å². The zero-order valence-electron chi connectivity index (χ0n) is 17.9. The first-order valence-corrected chi connectivity index (χ1v) is 11.1. The fraction of sp³-hybridized carbons (Fsp3) is 0.458. The molecule has 2 aliphatic heterocycles. The summed E-state index contributed by atoms with van der Waals surface area (Å²) < 4.78 is 11.1. The smallest absolute Gasteiger partial charge is 0.228 e. The Morgan fingerprint density at radius 3 is 2.58 bits per heavy atom. The number of rotatable bonds is 4. The van der Waals surface area contributed by atoms with Crippen molar-refractivity contribution in [3.05, 3.63) is 48.2 Å². The first-order chi connectivity index (χ1) is 15.2. The number of carbonyl (C=O) groups is 1. The molecule has 0 saturated carbocycles. The molecule has 0 radical (unpaired) electrons. The highest BCUT2D eigenvalue weighted by atomic mass is 16.5. The number of hydrogen-bond donors (Lipinski definition) is 0. The number of likely N-dealkylation sites (tertiary alicyclic amines) is 1. The minimum Gasteiger partial charge on any atom is -0.441 e. The van der Waals surface area contributed by atoms with Crippen molar-refractivity contribution in [1.29, 1.82) is 0 Å². The lowest BCUT2D eigenvalue weighted by molar-refractivity contribution is -0.132. The Bertz CT molecular complexity index is 1070. The SMILES string of the molecule is Cc1ncc(-c2ccc3cnc(CC(=O)N4CCC(N5CCOCC5)CC4)cc3c2)o1. The van der Waals surface area contributed by atoms with E-state index in [2.05, 4.69) is 20.9 Å². The van der Waals surface area contributed by atoms with Crippen molar-refractivity contribution in [2.75, 3.05) is 39.4 Å². The number of carbonyl (C=O) groups excluding carboxylic acids is 1. The van der Waals surface area contributed by atoms with Crippen LogP contribution in [0.15, 0.2) is 41.1 Å². The summed E-state index contributed by atoms with van der Waals surface area (Å²) in [7, 11) is 0. The van der Waals surface area contributed by atoms with E-state index in [1.165, 1.54) is 0 Å². The summed E-state index contributed by atoms with van der Waals surface area (Å²) in [5.41, 5.74) is 1.78. The van der Waals surface area contributed by atoms with E-state index in [9.17, 15) is 4.79 Å². The third-order valence-corrected chi connectivity index (χ3v) is 6.40. The highest BCUT2D eigenvalue weighted by Crippen LogP contribution is 2.25. The molecule has 2 aromatic heterocycles. The number of aromatic nitrogens is 2. The molecule has 0 spiro atoms. The van der Waals surface area contributed by atoms with Crippen molar-refractivity contribution in [2.24, 2.45) is 0 Å². The number of morpholine rings is 1. The number of hydrogen-bond acceptors (Lipinski definition) is 6. The molecule has 2 fully saturated rings. The van der Waals surface area contributed by atoms with Crippen LogP contribution in [-0.4, -0.2) is 71.1 Å². The van der Waals surface area contributed by atoms with E-state index in [1.807, 2.05) is 36.2 Å². The number of aryl methyl sites for hydroxylation is 1. The van der Waals surface area contributed by atoms with Crippen LogP contribution >= 0.6 is 0 Å². The van der Waals surface area contributed by atoms with Crippen LogP contribution in [0, 0.1) is 6.92 Å². The molecule has 4 heterocycles. The van der Waals surface area contributed by atoms with Crippen molar-refractivity contribution in [3.63, 3.8) is 0 Å². The molecule has 1 aromatic carbocycles. The number of oxazole rings is 1. The summed E-state index contributed by atoms with van der Waals surface area (Å²) in [5, 5.41) is 2.10. The van der Waals surface area contributed by atoms with Gasteiger partial charge in [0.2, 0.25) is 5.91 Å². The monoisotopic (exact) mass is 420 g/mol. The predicted octanol–water partition coefficient (Wildman–Crippen LogP) is 3.06. The predicted molar refractivity (Wildman–Crippen MR) is 118 cm³/mol. The lowest BCUT2D eigenvalue weighted by atomic mass is 10.0. The number of pyridine rings is 1. The number of piperidine rings is 1. The van der Waals surface area contributed by atoms with Crippen LogP contribution in [0.5, 0.6) is 0 Å². The number of ether oxygens (including phenoxy) is 1. The third kappa shape index (κ3) is 4.48. The fourth-order valence-electron chi connectivity index (χ4n) is 4.62. The molecule has 5 rings (SSSR count). The summed E-state index contributed by atoms with van der Waals surface area (Å²) >= 11 is 0. The molecular weight excluding hydrogens is 392 g/mol. The second-order valence-electron chi connectivity index (χ2n) is 8.42. The van der Waals surface area contributed by atoms with Crippen LogP contribution in [-0.2, 0) is 16.0 Å². The topological polar surface area (TPSA) is 71.7 Å². The summed E-state index contributed by atoms with van der Waals surface area (Å²) in [6, 6.07) is 8.69. The Morgan fingerprint density at radius 2 is 1.84 bits per heavy atom. The molecule has 0 unspecified atom stereocenters. The summed E-state index contributed by atoms with van der Waals surface area (Å²) in [5.74, 6) is 1.56. The van der Waals surface area contributed by atoms with Crippen molar-refractivity contribution in [2.45, 2.75) is 32.2 Å². The molecule has 0 aliphatic carbocycles. The summed E-state index contributed by atoms with van der Waals surface area (Å²) in [6.07, 6.45) is 6.00. The average molecular weight is 421 g/mol. The number of amides is 1. The van der Waals surface area contributed by atoms with Gasteiger partial charge in [0, 0.05) is 56.3 Å². The van der Waals surface area contributed by atoms with Gasteiger partial charge in [-0.15, -0.1) is 0 Å². The summed E-state index contributed by atoms with van der Waals surface area (Å²) in [6.45, 7) is 7.15. The lowest BCUT2D eigenvalue weighted by Crippen LogP contribution is -2.50. The van der Waals surface area contributed by atoms with Gasteiger partial charge in [0.1, 0.15) is 0 Å². The van der Waals surface area contributed by atoms with Gasteiger partial charge in [0.05, 0.1) is 31.5 Å². The number of benzene rings is 1. The zero-order valence-corrected chi connectivity index (χ0v) is 17.9. The second-order valence-corrected chi connectivity index (χ2v) is 8.42.